The molecular formula is C32H33N5O4. The number of nitrogens with zero attached hydrogens (tertiary/aromatic N) is 4. The van der Waals surface area contributed by atoms with Crippen molar-refractivity contribution in [3.05, 3.63) is 84.2 Å². The lowest BCUT2D eigenvalue weighted by Gasteiger charge is -2.39. The monoisotopic (exact) mass is 551 g/mol. The van der Waals surface area contributed by atoms with E-state index in [1.165, 1.54) is 0 Å². The van der Waals surface area contributed by atoms with Gasteiger partial charge in [-0.1, -0.05) is 36.4 Å². The van der Waals surface area contributed by atoms with Gasteiger partial charge in [-0.05, 0) is 46.8 Å². The van der Waals surface area contributed by atoms with E-state index in [1.807, 2.05) is 18.2 Å². The van der Waals surface area contributed by atoms with E-state index in [9.17, 15) is 9.90 Å². The van der Waals surface area contributed by atoms with Crippen LogP contribution in [0.3, 0.4) is 0 Å². The summed E-state index contributed by atoms with van der Waals surface area (Å²) in [4.78, 5) is 18.0. The number of nitrogens with two attached hydrogens (primary N) is 1. The molecule has 3 aromatic carbocycles. The van der Waals surface area contributed by atoms with Gasteiger partial charge in [0.1, 0.15) is 23.9 Å². The van der Waals surface area contributed by atoms with Gasteiger partial charge < -0.3 is 25.2 Å². The Morgan fingerprint density at radius 1 is 1.05 bits per heavy atom. The van der Waals surface area contributed by atoms with Gasteiger partial charge in [0.15, 0.2) is 0 Å². The first-order valence-electron chi connectivity index (χ1n) is 13.8. The number of ether oxygens (including phenoxy) is 2. The fourth-order valence-corrected chi connectivity index (χ4v) is 5.58. The van der Waals surface area contributed by atoms with E-state index in [0.29, 0.717) is 23.0 Å². The molecule has 0 unspecified atom stereocenters. The van der Waals surface area contributed by atoms with Crippen LogP contribution in [0.4, 0.5) is 5.82 Å². The smallest absolute Gasteiger partial charge is 0.307 e. The number of rotatable bonds is 11. The van der Waals surface area contributed by atoms with Crippen molar-refractivity contribution in [1.29, 1.82) is 0 Å². The van der Waals surface area contributed by atoms with E-state index in [1.54, 1.807) is 25.4 Å². The molecule has 0 saturated carbocycles. The number of aromatic nitrogens is 3. The number of carbonyl (C=O) groups is 1. The van der Waals surface area contributed by atoms with Crippen molar-refractivity contribution in [2.75, 3.05) is 39.1 Å². The summed E-state index contributed by atoms with van der Waals surface area (Å²) in [5.74, 6) is 0.675. The van der Waals surface area contributed by atoms with Crippen molar-refractivity contribution in [2.24, 2.45) is 5.92 Å². The van der Waals surface area contributed by atoms with Crippen LogP contribution in [0, 0.1) is 5.92 Å². The quantitative estimate of drug-likeness (QED) is 0.244. The van der Waals surface area contributed by atoms with Crippen LogP contribution in [0.5, 0.6) is 5.75 Å². The maximum absolute atomic E-state index is 11.4. The Hall–Kier alpha value is -4.47. The first-order valence-corrected chi connectivity index (χ1v) is 13.8. The van der Waals surface area contributed by atoms with E-state index in [2.05, 4.69) is 51.0 Å². The summed E-state index contributed by atoms with van der Waals surface area (Å²) < 4.78 is 13.5. The first-order chi connectivity index (χ1) is 20.0. The number of fused-ring (bicyclic) bond motifs is 2. The minimum atomic E-state index is -0.897. The lowest BCUT2D eigenvalue weighted by atomic mass is 9.99. The number of para-hydroxylation sites is 1. The van der Waals surface area contributed by atoms with Gasteiger partial charge in [0.05, 0.1) is 18.5 Å². The number of pyridine rings is 1. The normalized spacial score (nSPS) is 14.0. The molecule has 1 saturated heterocycles. The zero-order valence-corrected chi connectivity index (χ0v) is 23.0. The Morgan fingerprint density at radius 3 is 2.63 bits per heavy atom. The average molecular weight is 552 g/mol. The fraction of sp³-hybridized carbons (Fsp3) is 0.281. The highest BCUT2D eigenvalue weighted by Crippen LogP contribution is 2.32. The molecule has 210 valence electrons. The molecule has 3 heterocycles. The second kappa shape index (κ2) is 11.6. The highest BCUT2D eigenvalue weighted by molar-refractivity contribution is 5.95. The van der Waals surface area contributed by atoms with Crippen LogP contribution in [-0.2, 0) is 29.1 Å². The largest absolute Gasteiger partial charge is 0.487 e. The van der Waals surface area contributed by atoms with Crippen LogP contribution < -0.4 is 10.5 Å². The third-order valence-electron chi connectivity index (χ3n) is 7.71. The molecule has 0 atom stereocenters. The molecule has 3 N–H and O–H groups in total. The molecule has 0 spiro atoms. The van der Waals surface area contributed by atoms with Crippen LogP contribution >= 0.6 is 0 Å². The van der Waals surface area contributed by atoms with Gasteiger partial charge in [-0.25, -0.2) is 4.98 Å². The van der Waals surface area contributed by atoms with Gasteiger partial charge in [-0.2, -0.15) is 5.10 Å². The Kier molecular flexibility index (Phi) is 7.54. The molecule has 0 amide bonds. The molecule has 1 aliphatic rings. The van der Waals surface area contributed by atoms with Crippen LogP contribution in [0.2, 0.25) is 0 Å². The predicted octanol–water partition coefficient (Wildman–Crippen LogP) is 4.62. The number of nitrogen functional groups attached to an aromatic ring is 1. The number of hydrogen-bond acceptors (Lipinski definition) is 7. The first kappa shape index (κ1) is 26.7. The molecule has 0 aliphatic carbocycles. The molecule has 0 bridgehead atoms. The zero-order chi connectivity index (χ0) is 28.3. The summed E-state index contributed by atoms with van der Waals surface area (Å²) >= 11 is 0. The van der Waals surface area contributed by atoms with Gasteiger partial charge in [0.2, 0.25) is 0 Å². The van der Waals surface area contributed by atoms with Gasteiger partial charge in [0.25, 0.3) is 0 Å². The number of methoxy groups -OCH3 is 1. The van der Waals surface area contributed by atoms with Crippen molar-refractivity contribution in [3.8, 4) is 16.9 Å². The summed E-state index contributed by atoms with van der Waals surface area (Å²) in [6.45, 7) is 4.75. The lowest BCUT2D eigenvalue weighted by molar-refractivity contribution is -0.136. The van der Waals surface area contributed by atoms with E-state index in [-0.39, 0.29) is 13.0 Å². The summed E-state index contributed by atoms with van der Waals surface area (Å²) in [5, 5.41) is 17.3. The summed E-state index contributed by atoms with van der Waals surface area (Å²) in [6, 6.07) is 21.8. The van der Waals surface area contributed by atoms with E-state index in [0.717, 1.165) is 71.3 Å². The van der Waals surface area contributed by atoms with E-state index >= 15 is 0 Å². The van der Waals surface area contributed by atoms with Crippen molar-refractivity contribution in [1.82, 2.24) is 19.7 Å². The molecule has 1 aliphatic heterocycles. The summed E-state index contributed by atoms with van der Waals surface area (Å²) in [6.07, 6.45) is 1.62. The topological polar surface area (TPSA) is 116 Å². The molecule has 0 radical (unpaired) electrons. The number of carboxylic acid groups (broad SMARTS) is 1. The van der Waals surface area contributed by atoms with Crippen molar-refractivity contribution in [3.63, 3.8) is 0 Å². The fourth-order valence-electron chi connectivity index (χ4n) is 5.58. The number of likely N-dealkylation sites (tertiary alicyclic amines) is 1. The number of benzene rings is 3. The van der Waals surface area contributed by atoms with Gasteiger partial charge in [-0.15, -0.1) is 0 Å². The maximum atomic E-state index is 11.4. The zero-order valence-electron chi connectivity index (χ0n) is 23.0. The highest BCUT2D eigenvalue weighted by atomic mass is 16.5. The summed E-state index contributed by atoms with van der Waals surface area (Å²) in [5.41, 5.74) is 10.7. The lowest BCUT2D eigenvalue weighted by Crippen LogP contribution is -2.49. The molecule has 5 aromatic rings. The molecule has 41 heavy (non-hydrogen) atoms. The number of anilines is 1. The second-order valence-corrected chi connectivity index (χ2v) is 10.6. The number of carboxylic acids is 1. The maximum Gasteiger partial charge on any atom is 0.307 e. The van der Waals surface area contributed by atoms with Crippen molar-refractivity contribution < 1.29 is 19.4 Å². The second-order valence-electron chi connectivity index (χ2n) is 10.6. The van der Waals surface area contributed by atoms with E-state index < -0.39 is 5.97 Å². The number of aliphatic carboxylic acids is 1. The third kappa shape index (κ3) is 5.73. The van der Waals surface area contributed by atoms with Crippen LogP contribution in [0.1, 0.15) is 11.3 Å². The van der Waals surface area contributed by atoms with Gasteiger partial charge in [0, 0.05) is 61.7 Å². The van der Waals surface area contributed by atoms with Crippen LogP contribution in [0.15, 0.2) is 72.9 Å². The molecule has 9 nitrogen and oxygen atoms in total. The Balaban J connectivity index is 1.32. The molecule has 6 rings (SSSR count). The van der Waals surface area contributed by atoms with Crippen LogP contribution in [-0.4, -0.2) is 64.1 Å². The Bertz CT molecular complexity index is 1710. The predicted molar refractivity (Wildman–Crippen MR) is 159 cm³/mol. The van der Waals surface area contributed by atoms with Crippen LogP contribution in [0.25, 0.3) is 32.8 Å². The molecular weight excluding hydrogens is 518 g/mol. The Morgan fingerprint density at radius 2 is 1.83 bits per heavy atom. The Labute approximate surface area is 238 Å². The average Bonchev–Trinajstić information content (AvgIpc) is 3.30. The minimum absolute atomic E-state index is 0.100. The van der Waals surface area contributed by atoms with Gasteiger partial charge in [-0.3, -0.25) is 9.48 Å². The minimum Gasteiger partial charge on any atom is -0.487 e. The number of hydrogen-bond donors (Lipinski definition) is 2. The highest BCUT2D eigenvalue weighted by Gasteiger charge is 2.27. The molecule has 2 aromatic heterocycles. The van der Waals surface area contributed by atoms with E-state index in [4.69, 9.17) is 20.3 Å². The molecule has 9 heteroatoms. The van der Waals surface area contributed by atoms with Crippen molar-refractivity contribution >= 4 is 33.5 Å². The molecule has 1 fully saturated rings. The van der Waals surface area contributed by atoms with Gasteiger partial charge >= 0.3 is 5.97 Å². The standard InChI is InChI=1S/C32H33N5O4/c1-40-13-12-36-17-21(18-36)19-37-29-9-8-24(23-7-6-22-10-11-34-32(33)26(22)14-23)15-27(29)28(35-37)20-41-30-5-3-2-4-25(30)16-31(38)39/h2-11,14-15,21H,12-13,16-20H2,1H3,(H2,33,34)(H,38,39). The third-order valence-corrected chi connectivity index (χ3v) is 7.71. The SMILES string of the molecule is COCCN1CC(Cn2nc(COc3ccccc3CC(=O)O)c3cc(-c4ccc5ccnc(N)c5c4)ccc32)C1. The van der Waals surface area contributed by atoms with Crippen molar-refractivity contribution in [2.45, 2.75) is 19.6 Å². The summed E-state index contributed by atoms with van der Waals surface area (Å²) in [7, 11) is 1.73.